The van der Waals surface area contributed by atoms with Gasteiger partial charge in [-0.1, -0.05) is 0 Å². The lowest BCUT2D eigenvalue weighted by atomic mass is 10.1. The van der Waals surface area contributed by atoms with Crippen LogP contribution in [0.25, 0.3) is 0 Å². The van der Waals surface area contributed by atoms with Crippen LogP contribution in [0.15, 0.2) is 12.3 Å². The number of aromatic nitrogens is 1. The van der Waals surface area contributed by atoms with E-state index in [9.17, 15) is 13.6 Å². The molecule has 0 spiro atoms. The van der Waals surface area contributed by atoms with Crippen LogP contribution in [0.2, 0.25) is 0 Å². The number of halogens is 2. The van der Waals surface area contributed by atoms with Gasteiger partial charge in [0.05, 0.1) is 11.3 Å². The Morgan fingerprint density at radius 1 is 1.62 bits per heavy atom. The zero-order valence-corrected chi connectivity index (χ0v) is 6.79. The molecule has 0 bridgehead atoms. The molecule has 0 aliphatic rings. The van der Waals surface area contributed by atoms with Crippen molar-refractivity contribution in [3.05, 3.63) is 29.1 Å². The molecule has 1 heterocycles. The van der Waals surface area contributed by atoms with E-state index in [2.05, 4.69) is 4.98 Å². The average Bonchev–Trinajstić information content (AvgIpc) is 2.02. The van der Waals surface area contributed by atoms with E-state index in [0.717, 1.165) is 6.07 Å². The van der Waals surface area contributed by atoms with Crippen LogP contribution in [-0.4, -0.2) is 16.1 Å². The Labute approximate surface area is 73.0 Å². The summed E-state index contributed by atoms with van der Waals surface area (Å²) in [5, 5.41) is 8.62. The maximum Gasteiger partial charge on any atom is 0.338 e. The van der Waals surface area contributed by atoms with Gasteiger partial charge in [-0.3, -0.25) is 4.98 Å². The lowest BCUT2D eigenvalue weighted by Gasteiger charge is -2.05. The van der Waals surface area contributed by atoms with E-state index in [1.807, 2.05) is 0 Å². The second-order valence-corrected chi connectivity index (χ2v) is 2.47. The highest BCUT2D eigenvalue weighted by Crippen LogP contribution is 2.23. The third-order valence-corrected chi connectivity index (χ3v) is 1.62. The zero-order valence-electron chi connectivity index (χ0n) is 6.79. The number of aromatic carboxylic acids is 1. The number of rotatable bonds is 2. The Hall–Kier alpha value is -1.52. The van der Waals surface area contributed by atoms with Crippen molar-refractivity contribution in [3.8, 4) is 0 Å². The number of carbonyl (C=O) groups is 1. The van der Waals surface area contributed by atoms with Crippen molar-refractivity contribution < 1.29 is 18.7 Å². The summed E-state index contributed by atoms with van der Waals surface area (Å²) in [5.74, 6) is -1.37. The topological polar surface area (TPSA) is 50.2 Å². The second-order valence-electron chi connectivity index (χ2n) is 2.47. The molecule has 0 saturated carbocycles. The minimum Gasteiger partial charge on any atom is -0.478 e. The molecule has 0 fully saturated rings. The number of alkyl halides is 2. The Morgan fingerprint density at radius 3 is 2.62 bits per heavy atom. The molecule has 0 aliphatic carbocycles. The Morgan fingerprint density at radius 2 is 2.23 bits per heavy atom. The summed E-state index contributed by atoms with van der Waals surface area (Å²) in [5.41, 5.74) is -0.789. The molecule has 70 valence electrons. The fourth-order valence-electron chi connectivity index (χ4n) is 1.05. The van der Waals surface area contributed by atoms with E-state index in [4.69, 9.17) is 5.11 Å². The number of pyridine rings is 1. The molecule has 13 heavy (non-hydrogen) atoms. The van der Waals surface area contributed by atoms with Crippen molar-refractivity contribution in [2.24, 2.45) is 0 Å². The van der Waals surface area contributed by atoms with Crippen LogP contribution in [0.3, 0.4) is 0 Å². The molecule has 3 nitrogen and oxygen atoms in total. The lowest BCUT2D eigenvalue weighted by Crippen LogP contribution is -2.07. The van der Waals surface area contributed by atoms with Gasteiger partial charge >= 0.3 is 5.97 Å². The van der Waals surface area contributed by atoms with Crippen molar-refractivity contribution in [1.82, 2.24) is 4.98 Å². The predicted molar refractivity (Wildman–Crippen MR) is 40.9 cm³/mol. The van der Waals surface area contributed by atoms with Gasteiger partial charge in [-0.15, -0.1) is 0 Å². The summed E-state index contributed by atoms with van der Waals surface area (Å²) in [7, 11) is 0. The van der Waals surface area contributed by atoms with E-state index in [-0.39, 0.29) is 5.69 Å². The quantitative estimate of drug-likeness (QED) is 0.770. The number of aryl methyl sites for hydroxylation is 1. The minimum absolute atomic E-state index is 0.102. The third-order valence-electron chi connectivity index (χ3n) is 1.62. The largest absolute Gasteiger partial charge is 0.478 e. The summed E-state index contributed by atoms with van der Waals surface area (Å²) in [6.45, 7) is 1.38. The molecule has 0 atom stereocenters. The maximum absolute atomic E-state index is 12.3. The van der Waals surface area contributed by atoms with E-state index < -0.39 is 23.5 Å². The van der Waals surface area contributed by atoms with Crippen LogP contribution in [0, 0.1) is 6.92 Å². The average molecular weight is 187 g/mol. The molecule has 0 radical (unpaired) electrons. The monoisotopic (exact) mass is 187 g/mol. The zero-order chi connectivity index (χ0) is 10.0. The normalized spacial score (nSPS) is 10.5. The van der Waals surface area contributed by atoms with Gasteiger partial charge in [0.2, 0.25) is 0 Å². The highest BCUT2D eigenvalue weighted by Gasteiger charge is 2.19. The molecule has 0 aliphatic heterocycles. The third kappa shape index (κ3) is 1.80. The molecule has 1 rings (SSSR count). The first-order valence-electron chi connectivity index (χ1n) is 3.51. The van der Waals surface area contributed by atoms with Gasteiger partial charge < -0.3 is 5.11 Å². The van der Waals surface area contributed by atoms with Crippen molar-refractivity contribution in [1.29, 1.82) is 0 Å². The molecule has 1 aromatic rings. The minimum atomic E-state index is -2.78. The highest BCUT2D eigenvalue weighted by molar-refractivity contribution is 5.90. The molecule has 0 amide bonds. The van der Waals surface area contributed by atoms with E-state index in [1.165, 1.54) is 13.1 Å². The summed E-state index contributed by atoms with van der Waals surface area (Å²) in [4.78, 5) is 14.2. The lowest BCUT2D eigenvalue weighted by molar-refractivity contribution is 0.0683. The highest BCUT2D eigenvalue weighted by atomic mass is 19.3. The Balaban J connectivity index is 3.34. The van der Waals surface area contributed by atoms with Gasteiger partial charge in [-0.05, 0) is 13.0 Å². The van der Waals surface area contributed by atoms with E-state index in [1.54, 1.807) is 0 Å². The van der Waals surface area contributed by atoms with Gasteiger partial charge in [0.25, 0.3) is 6.43 Å². The van der Waals surface area contributed by atoms with Crippen LogP contribution >= 0.6 is 0 Å². The number of nitrogens with zero attached hydrogens (tertiary/aromatic N) is 1. The van der Waals surface area contributed by atoms with Crippen LogP contribution < -0.4 is 0 Å². The van der Waals surface area contributed by atoms with E-state index in [0.29, 0.717) is 0 Å². The molecule has 1 aromatic heterocycles. The number of carboxylic acids is 1. The summed E-state index contributed by atoms with van der Waals surface area (Å²) < 4.78 is 24.6. The Bertz CT molecular complexity index is 339. The standard InChI is InChI=1S/C8H7F2NO2/c1-4-6(8(12)13)5(7(9)10)2-3-11-4/h2-3,7H,1H3,(H,12,13). The van der Waals surface area contributed by atoms with Gasteiger partial charge in [0.15, 0.2) is 0 Å². The first kappa shape index (κ1) is 9.57. The van der Waals surface area contributed by atoms with Gasteiger partial charge in [0, 0.05) is 11.8 Å². The van der Waals surface area contributed by atoms with Crippen molar-refractivity contribution in [2.75, 3.05) is 0 Å². The number of hydrogen-bond donors (Lipinski definition) is 1. The molecule has 1 N–H and O–H groups in total. The summed E-state index contributed by atoms with van der Waals surface area (Å²) in [6.07, 6.45) is -1.61. The fraction of sp³-hybridized carbons (Fsp3) is 0.250. The smallest absolute Gasteiger partial charge is 0.338 e. The molecule has 0 saturated heterocycles. The van der Waals surface area contributed by atoms with Crippen molar-refractivity contribution in [3.63, 3.8) is 0 Å². The summed E-state index contributed by atoms with van der Waals surface area (Å²) >= 11 is 0. The van der Waals surface area contributed by atoms with E-state index >= 15 is 0 Å². The van der Waals surface area contributed by atoms with Crippen molar-refractivity contribution >= 4 is 5.97 Å². The van der Waals surface area contributed by atoms with Gasteiger partial charge in [-0.2, -0.15) is 0 Å². The molecular weight excluding hydrogens is 180 g/mol. The maximum atomic E-state index is 12.3. The van der Waals surface area contributed by atoms with Crippen LogP contribution in [0.1, 0.15) is 28.0 Å². The van der Waals surface area contributed by atoms with Gasteiger partial charge in [0.1, 0.15) is 0 Å². The van der Waals surface area contributed by atoms with Crippen LogP contribution in [0.4, 0.5) is 8.78 Å². The predicted octanol–water partition coefficient (Wildman–Crippen LogP) is 2.03. The van der Waals surface area contributed by atoms with Crippen molar-refractivity contribution in [2.45, 2.75) is 13.3 Å². The first-order chi connectivity index (χ1) is 6.04. The van der Waals surface area contributed by atoms with Crippen LogP contribution in [-0.2, 0) is 0 Å². The molecule has 5 heteroatoms. The second kappa shape index (κ2) is 3.47. The molecular formula is C8H7F2NO2. The Kier molecular flexibility index (Phi) is 2.55. The molecule has 0 unspecified atom stereocenters. The number of hydrogen-bond acceptors (Lipinski definition) is 2. The molecule has 0 aromatic carbocycles. The van der Waals surface area contributed by atoms with Gasteiger partial charge in [-0.25, -0.2) is 13.6 Å². The summed E-state index contributed by atoms with van der Waals surface area (Å²) in [6, 6.07) is 1.02. The SMILES string of the molecule is Cc1nccc(C(F)F)c1C(=O)O. The fourth-order valence-corrected chi connectivity index (χ4v) is 1.05. The van der Waals surface area contributed by atoms with Crippen LogP contribution in [0.5, 0.6) is 0 Å². The number of carboxylic acid groups (broad SMARTS) is 1. The first-order valence-corrected chi connectivity index (χ1v) is 3.51.